The van der Waals surface area contributed by atoms with E-state index in [1.807, 2.05) is 6.92 Å². The van der Waals surface area contributed by atoms with Crippen LogP contribution in [0.1, 0.15) is 36.1 Å². The molecule has 158 valence electrons. The number of amides is 2. The third-order valence-electron chi connectivity index (χ3n) is 4.27. The molecule has 11 heteroatoms. The lowest BCUT2D eigenvalue weighted by atomic mass is 10.2. The maximum absolute atomic E-state index is 12.5. The van der Waals surface area contributed by atoms with Crippen LogP contribution in [0.25, 0.3) is 0 Å². The van der Waals surface area contributed by atoms with Crippen molar-refractivity contribution in [2.75, 3.05) is 12.4 Å². The fourth-order valence-electron chi connectivity index (χ4n) is 2.60. The molecule has 3 aromatic rings. The number of hydrogen-bond acceptors (Lipinski definition) is 8. The van der Waals surface area contributed by atoms with Crippen molar-refractivity contribution in [1.82, 2.24) is 25.1 Å². The SMILES string of the molecule is COc1ccc(C(=O)NC(C)c2nnc(SC(C)C(=O)Nc3nccs3)n2C)cc1. The molecule has 2 N–H and O–H groups in total. The van der Waals surface area contributed by atoms with Gasteiger partial charge in [0.15, 0.2) is 16.1 Å². The Morgan fingerprint density at radius 1 is 1.20 bits per heavy atom. The molecule has 0 spiro atoms. The number of nitrogens with zero attached hydrogens (tertiary/aromatic N) is 4. The zero-order chi connectivity index (χ0) is 21.7. The van der Waals surface area contributed by atoms with Gasteiger partial charge in [-0.3, -0.25) is 9.59 Å². The Hall–Kier alpha value is -2.92. The van der Waals surface area contributed by atoms with Gasteiger partial charge in [-0.1, -0.05) is 11.8 Å². The maximum atomic E-state index is 12.5. The van der Waals surface area contributed by atoms with E-state index in [2.05, 4.69) is 25.8 Å². The summed E-state index contributed by atoms with van der Waals surface area (Å²) in [5.41, 5.74) is 0.520. The maximum Gasteiger partial charge on any atom is 0.251 e. The standard InChI is InChI=1S/C19H22N6O3S2/c1-11(21-17(27)13-5-7-14(28-4)8-6-13)15-23-24-19(25(15)3)30-12(2)16(26)22-18-20-9-10-29-18/h5-12H,1-4H3,(H,21,27)(H,20,22,26). The lowest BCUT2D eigenvalue weighted by Gasteiger charge is -2.14. The summed E-state index contributed by atoms with van der Waals surface area (Å²) in [6, 6.07) is 6.48. The van der Waals surface area contributed by atoms with Crippen LogP contribution in [-0.2, 0) is 11.8 Å². The van der Waals surface area contributed by atoms with Crippen molar-refractivity contribution in [3.05, 3.63) is 47.2 Å². The molecule has 2 heterocycles. The van der Waals surface area contributed by atoms with E-state index in [0.717, 1.165) is 0 Å². The molecule has 2 aromatic heterocycles. The number of methoxy groups -OCH3 is 1. The second-order valence-corrected chi connectivity index (χ2v) is 8.61. The summed E-state index contributed by atoms with van der Waals surface area (Å²) in [5, 5.41) is 16.6. The minimum atomic E-state index is -0.395. The third-order valence-corrected chi connectivity index (χ3v) is 6.09. The Labute approximate surface area is 182 Å². The zero-order valence-corrected chi connectivity index (χ0v) is 18.6. The number of rotatable bonds is 8. The van der Waals surface area contributed by atoms with E-state index >= 15 is 0 Å². The van der Waals surface area contributed by atoms with Crippen LogP contribution < -0.4 is 15.4 Å². The molecule has 0 aliphatic heterocycles. The van der Waals surface area contributed by atoms with Crippen LogP contribution in [0.5, 0.6) is 5.75 Å². The number of hydrogen-bond donors (Lipinski definition) is 2. The van der Waals surface area contributed by atoms with Gasteiger partial charge in [0.05, 0.1) is 18.4 Å². The Morgan fingerprint density at radius 3 is 2.57 bits per heavy atom. The average Bonchev–Trinajstić information content (AvgIpc) is 3.38. The van der Waals surface area contributed by atoms with Crippen LogP contribution in [0.2, 0.25) is 0 Å². The van der Waals surface area contributed by atoms with Gasteiger partial charge in [0.1, 0.15) is 5.75 Å². The molecule has 0 saturated heterocycles. The summed E-state index contributed by atoms with van der Waals surface area (Å²) in [4.78, 5) is 28.9. The number of benzene rings is 1. The Balaban J connectivity index is 1.61. The largest absolute Gasteiger partial charge is 0.497 e. The van der Waals surface area contributed by atoms with Crippen LogP contribution >= 0.6 is 23.1 Å². The number of carbonyl (C=O) groups excluding carboxylic acids is 2. The second kappa shape index (κ2) is 9.72. The molecular weight excluding hydrogens is 424 g/mol. The highest BCUT2D eigenvalue weighted by atomic mass is 32.2. The van der Waals surface area contributed by atoms with Crippen molar-refractivity contribution in [3.8, 4) is 5.75 Å². The van der Waals surface area contributed by atoms with Gasteiger partial charge < -0.3 is 19.9 Å². The number of ether oxygens (including phenoxy) is 1. The summed E-state index contributed by atoms with van der Waals surface area (Å²) in [5.74, 6) is 0.883. The van der Waals surface area contributed by atoms with Crippen LogP contribution in [0, 0.1) is 0 Å². The molecule has 0 radical (unpaired) electrons. The molecule has 9 nitrogen and oxygen atoms in total. The Bertz CT molecular complexity index is 1000. The summed E-state index contributed by atoms with van der Waals surface area (Å²) in [6.07, 6.45) is 1.63. The molecule has 0 aliphatic carbocycles. The minimum Gasteiger partial charge on any atom is -0.497 e. The number of carbonyl (C=O) groups is 2. The van der Waals surface area contributed by atoms with Crippen molar-refractivity contribution in [3.63, 3.8) is 0 Å². The highest BCUT2D eigenvalue weighted by molar-refractivity contribution is 8.00. The first-order valence-electron chi connectivity index (χ1n) is 9.10. The molecule has 0 saturated carbocycles. The first kappa shape index (κ1) is 21.8. The smallest absolute Gasteiger partial charge is 0.251 e. The summed E-state index contributed by atoms with van der Waals surface area (Å²) in [7, 11) is 3.38. The first-order valence-corrected chi connectivity index (χ1v) is 10.9. The Kier molecular flexibility index (Phi) is 7.06. The van der Waals surface area contributed by atoms with Gasteiger partial charge >= 0.3 is 0 Å². The first-order chi connectivity index (χ1) is 14.4. The van der Waals surface area contributed by atoms with Gasteiger partial charge in [-0.25, -0.2) is 4.98 Å². The molecule has 30 heavy (non-hydrogen) atoms. The van der Waals surface area contributed by atoms with Crippen molar-refractivity contribution >= 4 is 40.0 Å². The van der Waals surface area contributed by atoms with E-state index in [4.69, 9.17) is 4.74 Å². The van der Waals surface area contributed by atoms with Gasteiger partial charge in [0.2, 0.25) is 5.91 Å². The van der Waals surface area contributed by atoms with Gasteiger partial charge in [0.25, 0.3) is 5.91 Å². The molecular formula is C19H22N6O3S2. The second-order valence-electron chi connectivity index (χ2n) is 6.41. The van der Waals surface area contributed by atoms with Crippen LogP contribution in [0.15, 0.2) is 41.0 Å². The molecule has 2 unspecified atom stereocenters. The van der Waals surface area contributed by atoms with E-state index in [0.29, 0.717) is 27.4 Å². The molecule has 3 rings (SSSR count). The number of aromatic nitrogens is 4. The number of thiazole rings is 1. The van der Waals surface area contributed by atoms with Crippen molar-refractivity contribution in [1.29, 1.82) is 0 Å². The summed E-state index contributed by atoms with van der Waals surface area (Å²) < 4.78 is 6.88. The fourth-order valence-corrected chi connectivity index (χ4v) is 3.95. The normalized spacial score (nSPS) is 12.8. The van der Waals surface area contributed by atoms with E-state index in [9.17, 15) is 9.59 Å². The zero-order valence-electron chi connectivity index (χ0n) is 16.9. The third kappa shape index (κ3) is 5.16. The van der Waals surface area contributed by atoms with Crippen LogP contribution in [-0.4, -0.2) is 43.9 Å². The highest BCUT2D eigenvalue weighted by Crippen LogP contribution is 2.25. The quantitative estimate of drug-likeness (QED) is 0.512. The van der Waals surface area contributed by atoms with Gasteiger partial charge in [-0.2, -0.15) is 0 Å². The summed E-state index contributed by atoms with van der Waals surface area (Å²) >= 11 is 2.64. The van der Waals surface area contributed by atoms with Gasteiger partial charge in [0, 0.05) is 24.2 Å². The van der Waals surface area contributed by atoms with Gasteiger partial charge in [-0.05, 0) is 38.1 Å². The van der Waals surface area contributed by atoms with Crippen LogP contribution in [0.4, 0.5) is 5.13 Å². The minimum absolute atomic E-state index is 0.166. The van der Waals surface area contributed by atoms with E-state index < -0.39 is 5.25 Å². The molecule has 0 fully saturated rings. The molecule has 1 aromatic carbocycles. The number of thioether (sulfide) groups is 1. The molecule has 2 atom stereocenters. The highest BCUT2D eigenvalue weighted by Gasteiger charge is 2.22. The predicted octanol–water partition coefficient (Wildman–Crippen LogP) is 2.89. The van der Waals surface area contributed by atoms with Crippen molar-refractivity contribution < 1.29 is 14.3 Å². The number of anilines is 1. The van der Waals surface area contributed by atoms with Crippen molar-refractivity contribution in [2.45, 2.75) is 30.3 Å². The molecule has 0 bridgehead atoms. The van der Waals surface area contributed by atoms with E-state index in [-0.39, 0.29) is 17.9 Å². The van der Waals surface area contributed by atoms with Crippen LogP contribution in [0.3, 0.4) is 0 Å². The lowest BCUT2D eigenvalue weighted by Crippen LogP contribution is -2.28. The number of nitrogens with one attached hydrogen (secondary N) is 2. The molecule has 0 aliphatic rings. The monoisotopic (exact) mass is 446 g/mol. The predicted molar refractivity (Wildman–Crippen MR) is 116 cm³/mol. The van der Waals surface area contributed by atoms with Crippen molar-refractivity contribution in [2.24, 2.45) is 7.05 Å². The summed E-state index contributed by atoms with van der Waals surface area (Å²) in [6.45, 7) is 3.62. The fraction of sp³-hybridized carbons (Fsp3) is 0.316. The average molecular weight is 447 g/mol. The van der Waals surface area contributed by atoms with E-state index in [1.54, 1.807) is 61.5 Å². The topological polar surface area (TPSA) is 111 Å². The molecule has 2 amide bonds. The van der Waals surface area contributed by atoms with E-state index in [1.165, 1.54) is 23.1 Å². The van der Waals surface area contributed by atoms with Gasteiger partial charge in [-0.15, -0.1) is 21.5 Å². The lowest BCUT2D eigenvalue weighted by molar-refractivity contribution is -0.115. The Morgan fingerprint density at radius 2 is 1.93 bits per heavy atom.